The van der Waals surface area contributed by atoms with Gasteiger partial charge in [0.15, 0.2) is 0 Å². The van der Waals surface area contributed by atoms with E-state index >= 15 is 0 Å². The Morgan fingerprint density at radius 3 is 1.58 bits per heavy atom. The number of rotatable bonds is 38. The van der Waals surface area contributed by atoms with Crippen molar-refractivity contribution in [2.24, 2.45) is 0 Å². The summed E-state index contributed by atoms with van der Waals surface area (Å²) in [7, 11) is 0. The molecule has 0 radical (unpaired) electrons. The van der Waals surface area contributed by atoms with E-state index in [4.69, 9.17) is 0 Å². The van der Waals surface area contributed by atoms with Crippen molar-refractivity contribution >= 4 is 116 Å². The molecule has 3 aliphatic heterocycles. The van der Waals surface area contributed by atoms with E-state index in [0.717, 1.165) is 0 Å². The highest BCUT2D eigenvalue weighted by atomic mass is 19.3. The predicted octanol–water partition coefficient (Wildman–Crippen LogP) is 0.399. The number of nitrogens with one attached hydrogen (secondary N) is 8. The molecule has 10 amide bonds. The Morgan fingerprint density at radius 2 is 1.02 bits per heavy atom. The van der Waals surface area contributed by atoms with Crippen molar-refractivity contribution in [3.63, 3.8) is 0 Å². The molecule has 1 unspecified atom stereocenters. The summed E-state index contributed by atoms with van der Waals surface area (Å²) < 4.78 is 57.5. The number of nitriles is 2. The van der Waals surface area contributed by atoms with Crippen LogP contribution in [0.4, 0.5) is 28.9 Å². The molecule has 5 aromatic rings. The molecule has 8 rings (SSSR count). The fourth-order valence-corrected chi connectivity index (χ4v) is 13.5. The molecule has 0 aliphatic carbocycles. The number of likely N-dealkylation sites (tertiary alicyclic amines) is 2. The Balaban J connectivity index is 0.825. The van der Waals surface area contributed by atoms with Crippen LogP contribution in [0.2, 0.25) is 0 Å². The third-order valence-corrected chi connectivity index (χ3v) is 19.3. The van der Waals surface area contributed by atoms with E-state index in [2.05, 4.69) is 57.8 Å². The summed E-state index contributed by atoms with van der Waals surface area (Å²) in [6.07, 6.45) is 0.308. The summed E-state index contributed by atoms with van der Waals surface area (Å²) in [6, 6.07) is 13.3. The predicted molar refractivity (Wildman–Crippen MR) is 400 cm³/mol. The first-order valence-electron chi connectivity index (χ1n) is 37.3. The molecule has 42 heteroatoms. The van der Waals surface area contributed by atoms with Crippen LogP contribution in [0.25, 0.3) is 21.7 Å². The molecule has 0 bridgehead atoms. The topological polar surface area (TPSA) is 527 Å². The number of aliphatic carboxylic acids is 4. The van der Waals surface area contributed by atoms with Crippen LogP contribution in [0.5, 0.6) is 0 Å². The quantitative estimate of drug-likeness (QED) is 0.0188. The Labute approximate surface area is 660 Å². The Morgan fingerprint density at radius 1 is 0.526 bits per heavy atom. The van der Waals surface area contributed by atoms with Gasteiger partial charge in [0, 0.05) is 145 Å². The number of hydrogen-bond donors (Lipinski definition) is 12. The van der Waals surface area contributed by atoms with Crippen LogP contribution in [-0.2, 0) is 70.6 Å². The average Bonchev–Trinajstić information content (AvgIpc) is 1.20. The number of anilines is 2. The highest BCUT2D eigenvalue weighted by molar-refractivity contribution is 6.13. The number of pyridine rings is 1. The first-order valence-corrected chi connectivity index (χ1v) is 37.3. The number of aryl methyl sites for hydroxylation is 1. The Kier molecular flexibility index (Phi) is 32.8. The molecule has 3 saturated heterocycles. The molecule has 2 aromatic heterocycles. The van der Waals surface area contributed by atoms with E-state index in [9.17, 15) is 116 Å². The SMILES string of the molecule is N#C[C@@H]1CC(F)(F)CN1C(=O)CNC(=O)c1cccc2c(NC(=O)CCC(=O)N[C@@H](CCCCn3cc(CNC(=O)CCC(=O)Nc4cccc5c(C(=O)NCC(=O)N6CC(F)(F)C[C@H]6C#N)ccnc45)nn3)C(=O)NCCNC(=O)CCCC(C(=O)O)N3CCN(CC(=O)O)CCN(CC(=O)O)CCN(CC(=O)O)CC3)cccc12. The van der Waals surface area contributed by atoms with Crippen molar-refractivity contribution in [3.8, 4) is 12.1 Å². The number of nitrogens with zero attached hydrogens (tertiary/aromatic N) is 12. The van der Waals surface area contributed by atoms with Crippen LogP contribution in [0.15, 0.2) is 73.1 Å². The number of aromatic nitrogens is 4. The van der Waals surface area contributed by atoms with Gasteiger partial charge in [-0.05, 0) is 61.8 Å². The monoisotopic (exact) mass is 1620 g/mol. The molecule has 38 nitrogen and oxygen atoms in total. The smallest absolute Gasteiger partial charge is 0.320 e. The Bertz CT molecular complexity index is 4510. The first kappa shape index (κ1) is 89.1. The summed E-state index contributed by atoms with van der Waals surface area (Å²) in [5.74, 6) is -18.1. The maximum absolute atomic E-state index is 14.1. The summed E-state index contributed by atoms with van der Waals surface area (Å²) in [5.41, 5.74) is 1.05. The highest BCUT2D eigenvalue weighted by Gasteiger charge is 2.48. The van der Waals surface area contributed by atoms with Crippen molar-refractivity contribution in [1.29, 1.82) is 10.5 Å². The lowest BCUT2D eigenvalue weighted by Crippen LogP contribution is -2.51. The minimum atomic E-state index is -3.27. The minimum Gasteiger partial charge on any atom is -0.480 e. The van der Waals surface area contributed by atoms with Gasteiger partial charge in [-0.15, -0.1) is 5.10 Å². The number of para-hydroxylation sites is 1. The summed E-state index contributed by atoms with van der Waals surface area (Å²) in [5, 5.41) is 87.9. The number of fused-ring (bicyclic) bond motifs is 2. The molecule has 4 atom stereocenters. The number of amides is 10. The maximum atomic E-state index is 14.1. The van der Waals surface area contributed by atoms with Gasteiger partial charge in [0.25, 0.3) is 23.7 Å². The lowest BCUT2D eigenvalue weighted by atomic mass is 10.0. The van der Waals surface area contributed by atoms with Gasteiger partial charge in [0.05, 0.1) is 87.5 Å². The number of carboxylic acid groups (broad SMARTS) is 4. The molecule has 116 heavy (non-hydrogen) atoms. The lowest BCUT2D eigenvalue weighted by Gasteiger charge is -2.35. The molecule has 0 saturated carbocycles. The number of carbonyl (C=O) groups excluding carboxylic acids is 10. The molecule has 5 heterocycles. The second-order valence-electron chi connectivity index (χ2n) is 28.0. The third-order valence-electron chi connectivity index (χ3n) is 19.3. The van der Waals surface area contributed by atoms with E-state index in [0.29, 0.717) is 32.7 Å². The second-order valence-corrected chi connectivity index (χ2v) is 28.0. The van der Waals surface area contributed by atoms with Crippen LogP contribution in [0, 0.1) is 22.7 Å². The number of unbranched alkanes of at least 4 members (excludes halogenated alkanes) is 1. The van der Waals surface area contributed by atoms with Crippen LogP contribution in [0.1, 0.15) is 103 Å². The fraction of sp³-hybridized carbons (Fsp3) is 0.500. The van der Waals surface area contributed by atoms with Gasteiger partial charge >= 0.3 is 23.9 Å². The van der Waals surface area contributed by atoms with Crippen molar-refractivity contribution in [2.45, 2.75) is 126 Å². The molecule has 3 aliphatic rings. The summed E-state index contributed by atoms with van der Waals surface area (Å²) in [6.45, 7) is -3.99. The van der Waals surface area contributed by atoms with E-state index < -0.39 is 184 Å². The largest absolute Gasteiger partial charge is 0.480 e. The summed E-state index contributed by atoms with van der Waals surface area (Å²) in [4.78, 5) is 193. The van der Waals surface area contributed by atoms with Crippen LogP contribution < -0.4 is 42.5 Å². The fourth-order valence-electron chi connectivity index (χ4n) is 13.5. The maximum Gasteiger partial charge on any atom is 0.320 e. The normalized spacial score (nSPS) is 17.2. The molecule has 0 spiro atoms. The molecular formula is C74H90F4N20O18. The van der Waals surface area contributed by atoms with E-state index in [1.54, 1.807) is 50.1 Å². The van der Waals surface area contributed by atoms with Crippen molar-refractivity contribution in [3.05, 3.63) is 89.9 Å². The zero-order chi connectivity index (χ0) is 84.2. The number of halogens is 4. The van der Waals surface area contributed by atoms with Crippen LogP contribution >= 0.6 is 0 Å². The molecule has 3 aromatic carbocycles. The number of hydrogen-bond acceptors (Lipinski definition) is 23. The van der Waals surface area contributed by atoms with Gasteiger partial charge in [0.1, 0.15) is 29.9 Å². The molecule has 622 valence electrons. The zero-order valence-electron chi connectivity index (χ0n) is 63.0. The molecule has 12 N–H and O–H groups in total. The number of carboxylic acids is 4. The lowest BCUT2D eigenvalue weighted by molar-refractivity contribution is -0.145. The van der Waals surface area contributed by atoms with E-state index in [-0.39, 0.29) is 163 Å². The second kappa shape index (κ2) is 42.6. The van der Waals surface area contributed by atoms with Gasteiger partial charge in [-0.25, -0.2) is 17.6 Å². The Hall–Kier alpha value is -12.4. The minimum absolute atomic E-state index is 0.0266. The standard InChI is InChI=1S/C74H90F4N20O18/c75-73(76)33-47(35-79)97(44-73)63(104)38-85-69(112)52-10-3-8-50-49(52)7-4-12-54(50)87-60(101)18-19-62(103)89-56(71(114)83-23-22-81-58(99)15-6-14-57(72(115)116)95-31-29-93(42-66(108)109)27-25-92(41-65(106)107)26-28-94(30-32-95)43-67(110)111)11-1-2-24-96-40-46(90-91-96)37-84-59(100)16-17-61(102)88-55-13-5-9-51-53(20-21-82-68(51)55)70(113)86-39-64(105)98-45-74(77,78)34-48(98)36-80/h3-5,7-10,12-13,20-21,40,47-48,56-57H,1-2,6,11,14-19,22-34,37-39,41-45H2,(H,81,99)(H,83,114)(H,84,100)(H,85,112)(H,86,113)(H,87,101)(H,88,102)(H,89,103)(H,106,107)(H,108,109)(H,110,111)(H,115,116)/t47-,48-,56-,57?/m0/s1. The van der Waals surface area contributed by atoms with Crippen LogP contribution in [0.3, 0.4) is 0 Å². The van der Waals surface area contributed by atoms with Crippen molar-refractivity contribution in [2.75, 3.05) is 122 Å². The first-order chi connectivity index (χ1) is 55.3. The number of alkyl halides is 4. The zero-order valence-corrected chi connectivity index (χ0v) is 63.0. The number of benzene rings is 3. The van der Waals surface area contributed by atoms with Gasteiger partial charge < -0.3 is 72.8 Å². The van der Waals surface area contributed by atoms with E-state index in [1.807, 2.05) is 0 Å². The average molecular weight is 1620 g/mol. The van der Waals surface area contributed by atoms with Crippen LogP contribution in [-0.4, -0.2) is 300 Å². The van der Waals surface area contributed by atoms with Crippen molar-refractivity contribution < 1.29 is 105 Å². The van der Waals surface area contributed by atoms with Crippen molar-refractivity contribution in [1.82, 2.24) is 81.3 Å². The molecule has 3 fully saturated rings. The van der Waals surface area contributed by atoms with E-state index in [1.165, 1.54) is 59.4 Å². The summed E-state index contributed by atoms with van der Waals surface area (Å²) >= 11 is 0. The van der Waals surface area contributed by atoms with Gasteiger partial charge in [-0.1, -0.05) is 41.6 Å². The molecular weight excluding hydrogens is 1530 g/mol. The number of carbonyl (C=O) groups is 14. The van der Waals surface area contributed by atoms with Gasteiger partial charge in [0.2, 0.25) is 47.3 Å². The van der Waals surface area contributed by atoms with Gasteiger partial charge in [-0.2, -0.15) is 10.5 Å². The third kappa shape index (κ3) is 27.4. The highest BCUT2D eigenvalue weighted by Crippen LogP contribution is 2.34. The van der Waals surface area contributed by atoms with Gasteiger partial charge in [-0.3, -0.25) is 96.4 Å².